The molecule has 1 aromatic heterocycles. The Bertz CT molecular complexity index is 1130. The lowest BCUT2D eigenvalue weighted by molar-refractivity contribution is -0.112. The molecule has 0 aliphatic heterocycles. The van der Waals surface area contributed by atoms with Gasteiger partial charge in [0.25, 0.3) is 5.91 Å². The molecule has 5 nitrogen and oxygen atoms in total. The zero-order chi connectivity index (χ0) is 21.0. The molecule has 29 heavy (non-hydrogen) atoms. The maximum absolute atomic E-state index is 12.7. The van der Waals surface area contributed by atoms with E-state index in [9.17, 15) is 10.1 Å². The van der Waals surface area contributed by atoms with E-state index in [-0.39, 0.29) is 5.57 Å². The number of ether oxygens (including phenoxy) is 1. The Morgan fingerprint density at radius 2 is 1.90 bits per heavy atom. The van der Waals surface area contributed by atoms with Crippen LogP contribution < -0.4 is 10.1 Å². The van der Waals surface area contributed by atoms with Crippen LogP contribution in [0.4, 0.5) is 5.69 Å². The van der Waals surface area contributed by atoms with Crippen molar-refractivity contribution in [3.8, 4) is 17.5 Å². The smallest absolute Gasteiger partial charge is 0.266 e. The highest BCUT2D eigenvalue weighted by atomic mass is 35.5. The molecule has 0 bridgehead atoms. The number of amides is 1. The van der Waals surface area contributed by atoms with Gasteiger partial charge in [-0.3, -0.25) is 4.79 Å². The van der Waals surface area contributed by atoms with E-state index in [0.717, 1.165) is 22.6 Å². The van der Waals surface area contributed by atoms with Gasteiger partial charge in [-0.25, -0.2) is 0 Å². The number of aryl methyl sites for hydroxylation is 1. The molecule has 146 valence electrons. The first-order valence-electron chi connectivity index (χ1n) is 8.95. The quantitative estimate of drug-likeness (QED) is 0.462. The second-order valence-corrected chi connectivity index (χ2v) is 6.90. The molecule has 0 unspecified atom stereocenters. The van der Waals surface area contributed by atoms with E-state index in [0.29, 0.717) is 16.5 Å². The molecule has 0 radical (unpaired) electrons. The number of anilines is 1. The number of rotatable bonds is 5. The molecule has 2 aromatic carbocycles. The number of methoxy groups -OCH3 is 1. The number of nitrogens with one attached hydrogen (secondary N) is 1. The summed E-state index contributed by atoms with van der Waals surface area (Å²) in [7, 11) is 1.50. The van der Waals surface area contributed by atoms with Crippen molar-refractivity contribution in [1.29, 1.82) is 5.26 Å². The molecule has 0 spiro atoms. The highest BCUT2D eigenvalue weighted by Crippen LogP contribution is 2.28. The normalized spacial score (nSPS) is 11.1. The summed E-state index contributed by atoms with van der Waals surface area (Å²) < 4.78 is 7.32. The third kappa shape index (κ3) is 4.34. The van der Waals surface area contributed by atoms with Crippen molar-refractivity contribution in [2.45, 2.75) is 13.8 Å². The third-order valence-electron chi connectivity index (χ3n) is 4.56. The molecular formula is C23H20ClN3O2. The highest BCUT2D eigenvalue weighted by molar-refractivity contribution is 6.31. The fraction of sp³-hybridized carbons (Fsp3) is 0.130. The zero-order valence-corrected chi connectivity index (χ0v) is 17.1. The molecule has 0 atom stereocenters. The third-order valence-corrected chi connectivity index (χ3v) is 4.79. The number of nitrogens with zero attached hydrogens (tertiary/aromatic N) is 2. The maximum atomic E-state index is 12.7. The van der Waals surface area contributed by atoms with Crippen LogP contribution >= 0.6 is 11.6 Å². The Labute approximate surface area is 174 Å². The van der Waals surface area contributed by atoms with E-state index in [4.69, 9.17) is 16.3 Å². The van der Waals surface area contributed by atoms with Crippen molar-refractivity contribution in [2.24, 2.45) is 0 Å². The van der Waals surface area contributed by atoms with Crippen LogP contribution in [0.1, 0.15) is 17.0 Å². The summed E-state index contributed by atoms with van der Waals surface area (Å²) in [6.07, 6.45) is 1.59. The number of carbonyl (C=O) groups excluding carboxylic acids is 1. The molecule has 0 aliphatic rings. The Morgan fingerprint density at radius 1 is 1.17 bits per heavy atom. The first kappa shape index (κ1) is 20.2. The van der Waals surface area contributed by atoms with Crippen molar-refractivity contribution in [1.82, 2.24) is 4.57 Å². The summed E-state index contributed by atoms with van der Waals surface area (Å²) in [6.45, 7) is 3.94. The van der Waals surface area contributed by atoms with E-state index >= 15 is 0 Å². The summed E-state index contributed by atoms with van der Waals surface area (Å²) in [6, 6.07) is 18.7. The fourth-order valence-electron chi connectivity index (χ4n) is 3.18. The molecular weight excluding hydrogens is 386 g/mol. The molecule has 0 fully saturated rings. The molecule has 1 heterocycles. The molecule has 6 heteroatoms. The number of nitriles is 1. The van der Waals surface area contributed by atoms with Gasteiger partial charge in [-0.05, 0) is 61.9 Å². The summed E-state index contributed by atoms with van der Waals surface area (Å²) in [5.74, 6) is -0.0696. The minimum atomic E-state index is -0.530. The van der Waals surface area contributed by atoms with Gasteiger partial charge in [-0.15, -0.1) is 0 Å². The molecule has 3 aromatic rings. The van der Waals surface area contributed by atoms with Gasteiger partial charge in [0.05, 0.1) is 12.8 Å². The Hall–Kier alpha value is -3.49. The molecule has 1 amide bonds. The van der Waals surface area contributed by atoms with Gasteiger partial charge in [0.1, 0.15) is 17.4 Å². The second kappa shape index (κ2) is 8.68. The SMILES string of the molecule is COc1ccc(Cl)cc1NC(=O)/C(C#N)=C/c1cc(C)n(-c2ccccc2)c1C. The number of hydrogen-bond donors (Lipinski definition) is 1. The predicted octanol–water partition coefficient (Wildman–Crippen LogP) is 5.30. The van der Waals surface area contributed by atoms with Crippen LogP contribution in [0.3, 0.4) is 0 Å². The zero-order valence-electron chi connectivity index (χ0n) is 16.4. The average molecular weight is 406 g/mol. The minimum Gasteiger partial charge on any atom is -0.495 e. The number of aromatic nitrogens is 1. The molecule has 1 N–H and O–H groups in total. The van der Waals surface area contributed by atoms with Gasteiger partial charge in [-0.2, -0.15) is 5.26 Å². The maximum Gasteiger partial charge on any atom is 0.266 e. The highest BCUT2D eigenvalue weighted by Gasteiger charge is 2.15. The second-order valence-electron chi connectivity index (χ2n) is 6.47. The molecule has 3 rings (SSSR count). The Kier molecular flexibility index (Phi) is 6.06. The summed E-state index contributed by atoms with van der Waals surface area (Å²) in [5, 5.41) is 12.7. The van der Waals surface area contributed by atoms with Crippen LogP contribution in [-0.4, -0.2) is 17.6 Å². The molecule has 0 saturated carbocycles. The number of carbonyl (C=O) groups is 1. The lowest BCUT2D eigenvalue weighted by Crippen LogP contribution is -2.14. The standard InChI is InChI=1S/C23H20ClN3O2/c1-15-11-17(16(2)27(15)20-7-5-4-6-8-20)12-18(14-25)23(28)26-21-13-19(24)9-10-22(21)29-3/h4-13H,1-3H3,(H,26,28)/b18-12+. The van der Waals surface area contributed by atoms with E-state index in [1.165, 1.54) is 7.11 Å². The van der Waals surface area contributed by atoms with Gasteiger partial charge in [-0.1, -0.05) is 29.8 Å². The summed E-state index contributed by atoms with van der Waals surface area (Å²) >= 11 is 6.01. The van der Waals surface area contributed by atoms with Crippen LogP contribution in [0.5, 0.6) is 5.75 Å². The van der Waals surface area contributed by atoms with E-state index in [1.54, 1.807) is 24.3 Å². The van der Waals surface area contributed by atoms with Gasteiger partial charge in [0.15, 0.2) is 0 Å². The number of hydrogen-bond acceptors (Lipinski definition) is 3. The lowest BCUT2D eigenvalue weighted by Gasteiger charge is -2.10. The van der Waals surface area contributed by atoms with Crippen LogP contribution in [0.15, 0.2) is 60.2 Å². The summed E-state index contributed by atoms with van der Waals surface area (Å²) in [4.78, 5) is 12.7. The van der Waals surface area contributed by atoms with Gasteiger partial charge in [0, 0.05) is 22.1 Å². The van der Waals surface area contributed by atoms with Gasteiger partial charge in [0.2, 0.25) is 0 Å². The average Bonchev–Trinajstić information content (AvgIpc) is 2.99. The van der Waals surface area contributed by atoms with Crippen molar-refractivity contribution in [3.05, 3.63) is 82.1 Å². The van der Waals surface area contributed by atoms with E-state index in [2.05, 4.69) is 9.88 Å². The van der Waals surface area contributed by atoms with Crippen LogP contribution in [0.2, 0.25) is 5.02 Å². The van der Waals surface area contributed by atoms with Gasteiger partial charge >= 0.3 is 0 Å². The largest absolute Gasteiger partial charge is 0.495 e. The van der Waals surface area contributed by atoms with Crippen LogP contribution in [0.25, 0.3) is 11.8 Å². The fourth-order valence-corrected chi connectivity index (χ4v) is 3.35. The van der Waals surface area contributed by atoms with Crippen LogP contribution in [0, 0.1) is 25.2 Å². The van der Waals surface area contributed by atoms with Crippen molar-refractivity contribution in [3.63, 3.8) is 0 Å². The molecule has 0 aliphatic carbocycles. The number of para-hydroxylation sites is 1. The number of benzene rings is 2. The first-order chi connectivity index (χ1) is 13.9. The van der Waals surface area contributed by atoms with Crippen LogP contribution in [-0.2, 0) is 4.79 Å². The van der Waals surface area contributed by atoms with E-state index in [1.807, 2.05) is 56.3 Å². The lowest BCUT2D eigenvalue weighted by atomic mass is 10.1. The topological polar surface area (TPSA) is 67.0 Å². The Morgan fingerprint density at radius 3 is 2.55 bits per heavy atom. The van der Waals surface area contributed by atoms with Crippen molar-refractivity contribution in [2.75, 3.05) is 12.4 Å². The number of halogens is 1. The Balaban J connectivity index is 1.94. The molecule has 0 saturated heterocycles. The summed E-state index contributed by atoms with van der Waals surface area (Å²) in [5.41, 5.74) is 4.16. The first-order valence-corrected chi connectivity index (χ1v) is 9.33. The van der Waals surface area contributed by atoms with Crippen molar-refractivity contribution >= 4 is 29.3 Å². The van der Waals surface area contributed by atoms with Crippen molar-refractivity contribution < 1.29 is 9.53 Å². The minimum absolute atomic E-state index is 0.0136. The monoisotopic (exact) mass is 405 g/mol. The van der Waals surface area contributed by atoms with E-state index < -0.39 is 5.91 Å². The predicted molar refractivity (Wildman–Crippen MR) is 115 cm³/mol. The van der Waals surface area contributed by atoms with Gasteiger partial charge < -0.3 is 14.6 Å².